The first kappa shape index (κ1) is 19.3. The monoisotopic (exact) mass is 378 g/mol. The van der Waals surface area contributed by atoms with Crippen molar-refractivity contribution >= 4 is 34.2 Å². The Labute approximate surface area is 163 Å². The van der Waals surface area contributed by atoms with E-state index in [1.807, 2.05) is 43.3 Å². The van der Waals surface area contributed by atoms with Crippen LogP contribution in [0, 0.1) is 0 Å². The first-order valence-corrected chi connectivity index (χ1v) is 8.87. The second-order valence-electron chi connectivity index (χ2n) is 6.63. The molecule has 0 fully saturated rings. The van der Waals surface area contributed by atoms with Gasteiger partial charge in [0.25, 0.3) is 5.91 Å². The van der Waals surface area contributed by atoms with Crippen LogP contribution in [-0.4, -0.2) is 54.1 Å². The maximum atomic E-state index is 12.5. The number of carboxylic acid groups (broad SMARTS) is 1. The molecule has 1 aromatic heterocycles. The van der Waals surface area contributed by atoms with Gasteiger partial charge in [0.05, 0.1) is 16.8 Å². The number of nitrogens with zero attached hydrogens (tertiary/aromatic N) is 2. The first-order chi connectivity index (χ1) is 13.5. The van der Waals surface area contributed by atoms with Gasteiger partial charge in [0.1, 0.15) is 5.82 Å². The van der Waals surface area contributed by atoms with Crippen LogP contribution in [-0.2, 0) is 0 Å². The SMILES string of the molecule is CN(C)CCNC(=O)c1cccnc1Nc1cc2ccccc2cc1C(=O)O. The van der Waals surface area contributed by atoms with Crippen LogP contribution in [0.5, 0.6) is 0 Å². The molecule has 3 N–H and O–H groups in total. The summed E-state index contributed by atoms with van der Waals surface area (Å²) in [6.07, 6.45) is 1.56. The highest BCUT2D eigenvalue weighted by atomic mass is 16.4. The van der Waals surface area contributed by atoms with Crippen molar-refractivity contribution in [3.63, 3.8) is 0 Å². The zero-order chi connectivity index (χ0) is 20.1. The van der Waals surface area contributed by atoms with E-state index in [4.69, 9.17) is 0 Å². The standard InChI is InChI=1S/C21H22N4O3/c1-25(2)11-10-23-20(26)16-8-5-9-22-19(16)24-18-13-15-7-4-3-6-14(15)12-17(18)21(27)28/h3-9,12-13H,10-11H2,1-2H3,(H,22,24)(H,23,26)(H,27,28). The Balaban J connectivity index is 1.93. The van der Waals surface area contributed by atoms with Gasteiger partial charge in [-0.1, -0.05) is 24.3 Å². The van der Waals surface area contributed by atoms with E-state index < -0.39 is 5.97 Å². The Morgan fingerprint density at radius 3 is 2.43 bits per heavy atom. The van der Waals surface area contributed by atoms with Gasteiger partial charge in [-0.15, -0.1) is 0 Å². The highest BCUT2D eigenvalue weighted by Crippen LogP contribution is 2.27. The molecule has 0 saturated heterocycles. The van der Waals surface area contributed by atoms with Crippen LogP contribution in [0.15, 0.2) is 54.7 Å². The third-order valence-electron chi connectivity index (χ3n) is 4.27. The summed E-state index contributed by atoms with van der Waals surface area (Å²) in [5.74, 6) is -1.01. The number of hydrogen-bond acceptors (Lipinski definition) is 5. The summed E-state index contributed by atoms with van der Waals surface area (Å²) < 4.78 is 0. The van der Waals surface area contributed by atoms with Gasteiger partial charge in [0, 0.05) is 19.3 Å². The molecule has 3 aromatic rings. The summed E-state index contributed by atoms with van der Waals surface area (Å²) in [5.41, 5.74) is 0.848. The number of aromatic carboxylic acids is 1. The Kier molecular flexibility index (Phi) is 5.86. The quantitative estimate of drug-likeness (QED) is 0.585. The van der Waals surface area contributed by atoms with Gasteiger partial charge in [0.15, 0.2) is 0 Å². The molecule has 0 saturated carbocycles. The van der Waals surface area contributed by atoms with Gasteiger partial charge in [0.2, 0.25) is 0 Å². The van der Waals surface area contributed by atoms with Gasteiger partial charge < -0.3 is 20.6 Å². The minimum absolute atomic E-state index is 0.114. The summed E-state index contributed by atoms with van der Waals surface area (Å²) in [6.45, 7) is 1.21. The number of pyridine rings is 1. The second kappa shape index (κ2) is 8.49. The lowest BCUT2D eigenvalue weighted by Crippen LogP contribution is -2.31. The molecule has 0 aliphatic heterocycles. The molecule has 7 heteroatoms. The van der Waals surface area contributed by atoms with Crippen LogP contribution in [0.2, 0.25) is 0 Å². The fraction of sp³-hybridized carbons (Fsp3) is 0.190. The van der Waals surface area contributed by atoms with E-state index in [0.717, 1.165) is 10.8 Å². The zero-order valence-electron chi connectivity index (χ0n) is 15.8. The molecule has 144 valence electrons. The summed E-state index contributed by atoms with van der Waals surface area (Å²) in [4.78, 5) is 30.5. The van der Waals surface area contributed by atoms with Crippen molar-refractivity contribution in [2.45, 2.75) is 0 Å². The fourth-order valence-corrected chi connectivity index (χ4v) is 2.82. The van der Waals surface area contributed by atoms with Crippen molar-refractivity contribution < 1.29 is 14.7 Å². The van der Waals surface area contributed by atoms with E-state index >= 15 is 0 Å². The number of amides is 1. The van der Waals surface area contributed by atoms with E-state index in [1.54, 1.807) is 30.5 Å². The largest absolute Gasteiger partial charge is 0.478 e. The molecule has 0 radical (unpaired) electrons. The van der Waals surface area contributed by atoms with E-state index in [1.165, 1.54) is 0 Å². The average molecular weight is 378 g/mol. The maximum absolute atomic E-state index is 12.5. The van der Waals surface area contributed by atoms with Gasteiger partial charge in [-0.05, 0) is 49.1 Å². The fourth-order valence-electron chi connectivity index (χ4n) is 2.82. The number of nitrogens with one attached hydrogen (secondary N) is 2. The number of aromatic nitrogens is 1. The number of carboxylic acids is 1. The number of likely N-dealkylation sites (N-methyl/N-ethyl adjacent to an activating group) is 1. The van der Waals surface area contributed by atoms with Crippen LogP contribution < -0.4 is 10.6 Å². The van der Waals surface area contributed by atoms with Crippen LogP contribution in [0.3, 0.4) is 0 Å². The molecule has 0 aliphatic carbocycles. The van der Waals surface area contributed by atoms with E-state index in [-0.39, 0.29) is 11.5 Å². The van der Waals surface area contributed by atoms with Crippen LogP contribution in [0.4, 0.5) is 11.5 Å². The molecule has 28 heavy (non-hydrogen) atoms. The van der Waals surface area contributed by atoms with Crippen molar-refractivity contribution in [3.8, 4) is 0 Å². The molecule has 7 nitrogen and oxygen atoms in total. The minimum atomic E-state index is -1.05. The smallest absolute Gasteiger partial charge is 0.337 e. The van der Waals surface area contributed by atoms with Crippen molar-refractivity contribution in [2.24, 2.45) is 0 Å². The lowest BCUT2D eigenvalue weighted by atomic mass is 10.0. The Morgan fingerprint density at radius 2 is 1.75 bits per heavy atom. The highest BCUT2D eigenvalue weighted by Gasteiger charge is 2.16. The summed E-state index contributed by atoms with van der Waals surface area (Å²) in [5, 5.41) is 17.2. The molecule has 1 heterocycles. The topological polar surface area (TPSA) is 94.6 Å². The van der Waals surface area contributed by atoms with Crippen molar-refractivity contribution in [2.75, 3.05) is 32.5 Å². The first-order valence-electron chi connectivity index (χ1n) is 8.87. The number of fused-ring (bicyclic) bond motifs is 1. The van der Waals surface area contributed by atoms with Crippen LogP contribution in [0.25, 0.3) is 10.8 Å². The zero-order valence-corrected chi connectivity index (χ0v) is 15.8. The number of anilines is 2. The lowest BCUT2D eigenvalue weighted by Gasteiger charge is -2.15. The molecule has 0 unspecified atom stereocenters. The average Bonchev–Trinajstić information content (AvgIpc) is 2.67. The number of benzene rings is 2. The molecule has 0 spiro atoms. The molecular formula is C21H22N4O3. The summed E-state index contributed by atoms with van der Waals surface area (Å²) in [7, 11) is 3.85. The number of rotatable bonds is 7. The van der Waals surface area contributed by atoms with E-state index in [9.17, 15) is 14.7 Å². The van der Waals surface area contributed by atoms with Crippen molar-refractivity contribution in [3.05, 3.63) is 65.9 Å². The Hall–Kier alpha value is -3.45. The van der Waals surface area contributed by atoms with Crippen LogP contribution >= 0.6 is 0 Å². The Bertz CT molecular complexity index is 1020. The normalized spacial score (nSPS) is 10.8. The molecule has 2 aromatic carbocycles. The summed E-state index contributed by atoms with van der Waals surface area (Å²) in [6, 6.07) is 14.2. The molecule has 1 amide bonds. The third kappa shape index (κ3) is 4.44. The molecule has 0 aliphatic rings. The number of carbonyl (C=O) groups excluding carboxylic acids is 1. The van der Waals surface area contributed by atoms with E-state index in [0.29, 0.717) is 30.2 Å². The predicted octanol–water partition coefficient (Wildman–Crippen LogP) is 2.97. The minimum Gasteiger partial charge on any atom is -0.478 e. The number of carbonyl (C=O) groups is 2. The van der Waals surface area contributed by atoms with E-state index in [2.05, 4.69) is 15.6 Å². The highest BCUT2D eigenvalue weighted by molar-refractivity contribution is 6.03. The van der Waals surface area contributed by atoms with Gasteiger partial charge in [-0.2, -0.15) is 0 Å². The van der Waals surface area contributed by atoms with Gasteiger partial charge in [-0.25, -0.2) is 9.78 Å². The van der Waals surface area contributed by atoms with Gasteiger partial charge in [-0.3, -0.25) is 4.79 Å². The molecule has 0 atom stereocenters. The summed E-state index contributed by atoms with van der Waals surface area (Å²) >= 11 is 0. The van der Waals surface area contributed by atoms with Crippen molar-refractivity contribution in [1.29, 1.82) is 0 Å². The molecule has 0 bridgehead atoms. The second-order valence-corrected chi connectivity index (χ2v) is 6.63. The Morgan fingerprint density at radius 1 is 1.04 bits per heavy atom. The molecule has 3 rings (SSSR count). The predicted molar refractivity (Wildman–Crippen MR) is 109 cm³/mol. The van der Waals surface area contributed by atoms with Crippen molar-refractivity contribution in [1.82, 2.24) is 15.2 Å². The van der Waals surface area contributed by atoms with Gasteiger partial charge >= 0.3 is 5.97 Å². The molecular weight excluding hydrogens is 356 g/mol. The lowest BCUT2D eigenvalue weighted by molar-refractivity contribution is 0.0698. The third-order valence-corrected chi connectivity index (χ3v) is 4.27. The number of hydrogen-bond donors (Lipinski definition) is 3. The maximum Gasteiger partial charge on any atom is 0.337 e. The van der Waals surface area contributed by atoms with Crippen LogP contribution in [0.1, 0.15) is 20.7 Å².